The molecule has 0 aromatic carbocycles. The van der Waals surface area contributed by atoms with Crippen LogP contribution in [0.15, 0.2) is 4.42 Å². The zero-order valence-electron chi connectivity index (χ0n) is 12.1. The molecular weight excluding hydrogens is 228 g/mol. The van der Waals surface area contributed by atoms with Crippen molar-refractivity contribution in [1.29, 1.82) is 0 Å². The highest BCUT2D eigenvalue weighted by Crippen LogP contribution is 2.13. The molecule has 0 atom stereocenters. The molecule has 5 heteroatoms. The van der Waals surface area contributed by atoms with Gasteiger partial charge in [-0.05, 0) is 25.3 Å². The summed E-state index contributed by atoms with van der Waals surface area (Å²) >= 11 is 0. The molecule has 1 aromatic rings. The Hall–Kier alpha value is -1.10. The minimum Gasteiger partial charge on any atom is -0.407 e. The number of hydrogen-bond donors (Lipinski definition) is 1. The van der Waals surface area contributed by atoms with E-state index in [4.69, 9.17) is 4.42 Å². The summed E-state index contributed by atoms with van der Waals surface area (Å²) in [7, 11) is 0. The average molecular weight is 254 g/mol. The summed E-state index contributed by atoms with van der Waals surface area (Å²) in [5, 5.41) is 11.5. The number of nitrogens with zero attached hydrogens (tertiary/aromatic N) is 3. The second-order valence-corrected chi connectivity index (χ2v) is 4.99. The van der Waals surface area contributed by atoms with E-state index in [2.05, 4.69) is 48.1 Å². The third-order valence-corrected chi connectivity index (χ3v) is 2.54. The van der Waals surface area contributed by atoms with E-state index in [1.54, 1.807) is 0 Å². The smallest absolute Gasteiger partial charge is 0.318 e. The summed E-state index contributed by atoms with van der Waals surface area (Å²) in [4.78, 5) is 2.15. The molecule has 1 rings (SSSR count). The second kappa shape index (κ2) is 8.08. The summed E-state index contributed by atoms with van der Waals surface area (Å²) in [6.45, 7) is 12.2. The maximum atomic E-state index is 5.67. The molecule has 0 saturated heterocycles. The molecule has 0 spiro atoms. The molecule has 0 saturated carbocycles. The van der Waals surface area contributed by atoms with Crippen LogP contribution >= 0.6 is 0 Å². The highest BCUT2D eigenvalue weighted by atomic mass is 16.4. The van der Waals surface area contributed by atoms with Crippen molar-refractivity contribution in [2.45, 2.75) is 47.1 Å². The molecule has 1 N–H and O–H groups in total. The Balaban J connectivity index is 2.49. The third-order valence-electron chi connectivity index (χ3n) is 2.54. The number of hydrogen-bond acceptors (Lipinski definition) is 5. The first-order valence-electron chi connectivity index (χ1n) is 6.95. The molecular formula is C13H26N4O. The third kappa shape index (κ3) is 5.04. The molecule has 0 radical (unpaired) electrons. The first-order valence-corrected chi connectivity index (χ1v) is 6.95. The Labute approximate surface area is 110 Å². The minimum atomic E-state index is 0.629. The van der Waals surface area contributed by atoms with Gasteiger partial charge in [0.15, 0.2) is 0 Å². The van der Waals surface area contributed by atoms with Crippen molar-refractivity contribution in [2.75, 3.05) is 24.5 Å². The molecule has 0 amide bonds. The molecule has 18 heavy (non-hydrogen) atoms. The summed E-state index contributed by atoms with van der Waals surface area (Å²) in [5.74, 6) is 1.30. The Kier molecular flexibility index (Phi) is 6.72. The Bertz CT molecular complexity index is 319. The fourth-order valence-electron chi connectivity index (χ4n) is 1.75. The number of rotatable bonds is 9. The first-order chi connectivity index (χ1) is 8.67. The Morgan fingerprint density at radius 2 is 1.83 bits per heavy atom. The van der Waals surface area contributed by atoms with Gasteiger partial charge in [0.2, 0.25) is 5.89 Å². The van der Waals surface area contributed by atoms with Gasteiger partial charge in [0.1, 0.15) is 0 Å². The van der Waals surface area contributed by atoms with E-state index < -0.39 is 0 Å². The lowest BCUT2D eigenvalue weighted by Crippen LogP contribution is -2.25. The Morgan fingerprint density at radius 1 is 1.17 bits per heavy atom. The molecule has 0 bridgehead atoms. The van der Waals surface area contributed by atoms with Gasteiger partial charge >= 0.3 is 6.01 Å². The predicted octanol–water partition coefficient (Wildman–Crippen LogP) is 2.44. The number of aromatic nitrogens is 2. The van der Waals surface area contributed by atoms with Gasteiger partial charge < -0.3 is 14.6 Å². The van der Waals surface area contributed by atoms with Crippen molar-refractivity contribution < 1.29 is 4.42 Å². The van der Waals surface area contributed by atoms with E-state index in [-0.39, 0.29) is 0 Å². The quantitative estimate of drug-likeness (QED) is 0.733. The van der Waals surface area contributed by atoms with Crippen molar-refractivity contribution >= 4 is 6.01 Å². The van der Waals surface area contributed by atoms with E-state index >= 15 is 0 Å². The maximum absolute atomic E-state index is 5.67. The molecule has 104 valence electrons. The van der Waals surface area contributed by atoms with E-state index in [9.17, 15) is 0 Å². The van der Waals surface area contributed by atoms with Crippen LogP contribution in [0.2, 0.25) is 0 Å². The van der Waals surface area contributed by atoms with Crippen LogP contribution in [0.4, 0.5) is 6.01 Å². The number of anilines is 1. The SMILES string of the molecule is CCCN(CCC)c1nnc(CNCC(C)C)o1. The van der Waals surface area contributed by atoms with Gasteiger partial charge in [0, 0.05) is 13.1 Å². The van der Waals surface area contributed by atoms with Gasteiger partial charge in [-0.2, -0.15) is 0 Å². The lowest BCUT2D eigenvalue weighted by molar-refractivity contribution is 0.446. The van der Waals surface area contributed by atoms with E-state index in [0.29, 0.717) is 24.4 Å². The van der Waals surface area contributed by atoms with Gasteiger partial charge in [0.05, 0.1) is 6.54 Å². The standard InChI is InChI=1S/C13H26N4O/c1-5-7-17(8-6-2)13-16-15-12(18-13)10-14-9-11(3)4/h11,14H,5-10H2,1-4H3. The predicted molar refractivity (Wildman–Crippen MR) is 73.6 cm³/mol. The summed E-state index contributed by atoms with van der Waals surface area (Å²) in [6.07, 6.45) is 2.17. The van der Waals surface area contributed by atoms with Crippen LogP contribution in [0.5, 0.6) is 0 Å². The lowest BCUT2D eigenvalue weighted by atomic mass is 10.2. The fourth-order valence-corrected chi connectivity index (χ4v) is 1.75. The molecule has 1 heterocycles. The second-order valence-electron chi connectivity index (χ2n) is 4.99. The molecule has 0 aliphatic carbocycles. The topological polar surface area (TPSA) is 54.2 Å². The van der Waals surface area contributed by atoms with Crippen LogP contribution in [0, 0.1) is 5.92 Å². The first kappa shape index (κ1) is 15.0. The summed E-state index contributed by atoms with van der Waals surface area (Å²) in [5.41, 5.74) is 0. The van der Waals surface area contributed by atoms with E-state index in [1.165, 1.54) is 0 Å². The van der Waals surface area contributed by atoms with Crippen LogP contribution in [-0.2, 0) is 6.54 Å². The fraction of sp³-hybridized carbons (Fsp3) is 0.846. The van der Waals surface area contributed by atoms with Gasteiger partial charge in [0.25, 0.3) is 0 Å². The van der Waals surface area contributed by atoms with Crippen molar-refractivity contribution in [3.8, 4) is 0 Å². The van der Waals surface area contributed by atoms with E-state index in [0.717, 1.165) is 32.5 Å². The van der Waals surface area contributed by atoms with Crippen molar-refractivity contribution in [3.63, 3.8) is 0 Å². The molecule has 0 aliphatic heterocycles. The molecule has 1 aromatic heterocycles. The molecule has 5 nitrogen and oxygen atoms in total. The highest BCUT2D eigenvalue weighted by Gasteiger charge is 2.12. The molecule has 0 aliphatic rings. The zero-order valence-corrected chi connectivity index (χ0v) is 12.1. The van der Waals surface area contributed by atoms with Gasteiger partial charge in [-0.1, -0.05) is 32.8 Å². The van der Waals surface area contributed by atoms with Crippen LogP contribution in [0.1, 0.15) is 46.4 Å². The highest BCUT2D eigenvalue weighted by molar-refractivity contribution is 5.23. The van der Waals surface area contributed by atoms with Crippen LogP contribution in [0.25, 0.3) is 0 Å². The monoisotopic (exact) mass is 254 g/mol. The molecule has 0 unspecified atom stereocenters. The van der Waals surface area contributed by atoms with Crippen molar-refractivity contribution in [2.24, 2.45) is 5.92 Å². The largest absolute Gasteiger partial charge is 0.407 e. The Morgan fingerprint density at radius 3 is 2.39 bits per heavy atom. The lowest BCUT2D eigenvalue weighted by Gasteiger charge is -2.17. The average Bonchev–Trinajstić information content (AvgIpc) is 2.77. The minimum absolute atomic E-state index is 0.629. The van der Waals surface area contributed by atoms with Gasteiger partial charge in [-0.3, -0.25) is 0 Å². The van der Waals surface area contributed by atoms with Crippen LogP contribution in [-0.4, -0.2) is 29.8 Å². The number of nitrogens with one attached hydrogen (secondary N) is 1. The van der Waals surface area contributed by atoms with Crippen LogP contribution < -0.4 is 10.2 Å². The van der Waals surface area contributed by atoms with Crippen molar-refractivity contribution in [1.82, 2.24) is 15.5 Å². The van der Waals surface area contributed by atoms with Crippen molar-refractivity contribution in [3.05, 3.63) is 5.89 Å². The van der Waals surface area contributed by atoms with Crippen LogP contribution in [0.3, 0.4) is 0 Å². The zero-order chi connectivity index (χ0) is 13.4. The summed E-state index contributed by atoms with van der Waals surface area (Å²) in [6, 6.07) is 0.653. The summed E-state index contributed by atoms with van der Waals surface area (Å²) < 4.78 is 5.67. The maximum Gasteiger partial charge on any atom is 0.318 e. The molecule has 0 fully saturated rings. The normalized spacial score (nSPS) is 11.2. The van der Waals surface area contributed by atoms with Gasteiger partial charge in [-0.15, -0.1) is 5.10 Å². The van der Waals surface area contributed by atoms with E-state index in [1.807, 2.05) is 0 Å². The van der Waals surface area contributed by atoms with Gasteiger partial charge in [-0.25, -0.2) is 0 Å².